The molecule has 6 heteroatoms. The Bertz CT molecular complexity index is 1100. The highest BCUT2D eigenvalue weighted by Crippen LogP contribution is 2.27. The fourth-order valence-electron chi connectivity index (χ4n) is 3.13. The zero-order valence-electron chi connectivity index (χ0n) is 16.5. The Morgan fingerprint density at radius 1 is 0.833 bits per heavy atom. The number of ketones is 1. The van der Waals surface area contributed by atoms with Gasteiger partial charge in [0.1, 0.15) is 23.0 Å². The monoisotopic (exact) mass is 402 g/mol. The van der Waals surface area contributed by atoms with Gasteiger partial charge >= 0.3 is 0 Å². The summed E-state index contributed by atoms with van der Waals surface area (Å²) in [7, 11) is 3.21. The minimum Gasteiger partial charge on any atom is -0.497 e. The van der Waals surface area contributed by atoms with E-state index >= 15 is 0 Å². The Morgan fingerprint density at radius 3 is 1.97 bits per heavy atom. The van der Waals surface area contributed by atoms with Gasteiger partial charge in [0.15, 0.2) is 0 Å². The van der Waals surface area contributed by atoms with Crippen molar-refractivity contribution in [2.75, 3.05) is 14.2 Å². The molecular weight excluding hydrogens is 383 g/mol. The lowest BCUT2D eigenvalue weighted by atomic mass is 10.1. The molecule has 0 amide bonds. The topological polar surface area (TPSA) is 53.3 Å². The predicted molar refractivity (Wildman–Crippen MR) is 112 cm³/mol. The maximum absolute atomic E-state index is 13.2. The molecule has 4 rings (SSSR count). The summed E-state index contributed by atoms with van der Waals surface area (Å²) in [5, 5.41) is 4.55. The third-order valence-corrected chi connectivity index (χ3v) is 4.75. The van der Waals surface area contributed by atoms with E-state index < -0.39 is 5.82 Å². The second-order valence-corrected chi connectivity index (χ2v) is 6.59. The number of benzene rings is 3. The molecule has 5 nitrogen and oxygen atoms in total. The van der Waals surface area contributed by atoms with E-state index in [1.54, 1.807) is 25.0 Å². The molecule has 1 aromatic heterocycles. The Hall–Kier alpha value is -3.93. The first-order valence-corrected chi connectivity index (χ1v) is 9.28. The highest BCUT2D eigenvalue weighted by Gasteiger charge is 2.18. The largest absolute Gasteiger partial charge is 0.497 e. The summed E-state index contributed by atoms with van der Waals surface area (Å²) in [6, 6.07) is 22.1. The number of methoxy groups -OCH3 is 2. The molecule has 30 heavy (non-hydrogen) atoms. The number of halogens is 1. The summed E-state index contributed by atoms with van der Waals surface area (Å²) in [4.78, 5) is 12.9. The molecule has 0 unspecified atom stereocenters. The third-order valence-electron chi connectivity index (χ3n) is 4.75. The van der Waals surface area contributed by atoms with E-state index in [0.29, 0.717) is 5.56 Å². The van der Waals surface area contributed by atoms with E-state index in [0.717, 1.165) is 28.4 Å². The molecule has 0 radical (unpaired) electrons. The molecule has 150 valence electrons. The van der Waals surface area contributed by atoms with Gasteiger partial charge in [0.2, 0.25) is 5.78 Å². The number of ether oxygens (including phenoxy) is 2. The normalized spacial score (nSPS) is 10.6. The minimum atomic E-state index is -0.394. The van der Waals surface area contributed by atoms with Gasteiger partial charge in [0.25, 0.3) is 0 Å². The van der Waals surface area contributed by atoms with Crippen molar-refractivity contribution in [2.45, 2.75) is 0 Å². The van der Waals surface area contributed by atoms with Crippen molar-refractivity contribution in [1.82, 2.24) is 9.78 Å². The minimum absolute atomic E-state index is 0.267. The molecule has 0 aliphatic heterocycles. The molecule has 0 saturated carbocycles. The van der Waals surface area contributed by atoms with E-state index in [1.807, 2.05) is 48.5 Å². The van der Waals surface area contributed by atoms with Gasteiger partial charge in [-0.3, -0.25) is 4.79 Å². The quantitative estimate of drug-likeness (QED) is 0.429. The van der Waals surface area contributed by atoms with Crippen LogP contribution in [0.5, 0.6) is 11.5 Å². The Kier molecular flexibility index (Phi) is 5.30. The standard InChI is InChI=1S/C24H19FN2O3/c1-29-20-11-5-16(6-12-20)23-15-22(24(28)17-3-7-18(25)8-4-17)26-27(23)19-9-13-21(30-2)14-10-19/h3-15H,1-2H3. The lowest BCUT2D eigenvalue weighted by Crippen LogP contribution is -2.04. The van der Waals surface area contributed by atoms with E-state index in [-0.39, 0.29) is 11.5 Å². The van der Waals surface area contributed by atoms with E-state index in [1.165, 1.54) is 24.3 Å². The number of carbonyl (C=O) groups is 1. The maximum atomic E-state index is 13.2. The number of hydrogen-bond acceptors (Lipinski definition) is 4. The van der Waals surface area contributed by atoms with Gasteiger partial charge in [-0.15, -0.1) is 0 Å². The van der Waals surface area contributed by atoms with Crippen molar-refractivity contribution in [3.63, 3.8) is 0 Å². The Labute approximate surface area is 173 Å². The van der Waals surface area contributed by atoms with Gasteiger partial charge in [-0.1, -0.05) is 0 Å². The van der Waals surface area contributed by atoms with Crippen LogP contribution < -0.4 is 9.47 Å². The zero-order chi connectivity index (χ0) is 21.1. The van der Waals surface area contributed by atoms with Crippen LogP contribution in [0.15, 0.2) is 78.9 Å². The van der Waals surface area contributed by atoms with E-state index in [9.17, 15) is 9.18 Å². The first-order chi connectivity index (χ1) is 14.6. The van der Waals surface area contributed by atoms with Crippen molar-refractivity contribution in [2.24, 2.45) is 0 Å². The number of hydrogen-bond donors (Lipinski definition) is 0. The molecule has 0 fully saturated rings. The molecule has 3 aromatic carbocycles. The zero-order valence-corrected chi connectivity index (χ0v) is 16.5. The summed E-state index contributed by atoms with van der Waals surface area (Å²) < 4.78 is 25.4. The summed E-state index contributed by atoms with van der Waals surface area (Å²) in [6.07, 6.45) is 0. The number of carbonyl (C=O) groups excluding carboxylic acids is 1. The van der Waals surface area contributed by atoms with Crippen LogP contribution in [0.25, 0.3) is 16.9 Å². The van der Waals surface area contributed by atoms with Gasteiger partial charge in [-0.05, 0) is 78.9 Å². The van der Waals surface area contributed by atoms with Crippen molar-refractivity contribution in [3.05, 3.63) is 95.9 Å². The predicted octanol–water partition coefficient (Wildman–Crippen LogP) is 4.93. The first-order valence-electron chi connectivity index (χ1n) is 9.28. The highest BCUT2D eigenvalue weighted by atomic mass is 19.1. The first kappa shape index (κ1) is 19.4. The summed E-state index contributed by atoms with van der Waals surface area (Å²) in [5.41, 5.74) is 3.03. The van der Waals surface area contributed by atoms with Crippen LogP contribution in [0.3, 0.4) is 0 Å². The smallest absolute Gasteiger partial charge is 0.213 e. The fourth-order valence-corrected chi connectivity index (χ4v) is 3.13. The van der Waals surface area contributed by atoms with Gasteiger partial charge in [0, 0.05) is 11.1 Å². The number of aromatic nitrogens is 2. The third kappa shape index (κ3) is 3.80. The summed E-state index contributed by atoms with van der Waals surface area (Å²) >= 11 is 0. The average molecular weight is 402 g/mol. The molecule has 0 spiro atoms. The molecule has 1 heterocycles. The van der Waals surface area contributed by atoms with Crippen LogP contribution >= 0.6 is 0 Å². The van der Waals surface area contributed by atoms with E-state index in [2.05, 4.69) is 5.10 Å². The summed E-state index contributed by atoms with van der Waals surface area (Å²) in [6.45, 7) is 0. The molecule has 0 N–H and O–H groups in total. The Balaban J connectivity index is 1.81. The van der Waals surface area contributed by atoms with Crippen LogP contribution in [-0.2, 0) is 0 Å². The van der Waals surface area contributed by atoms with Crippen LogP contribution in [-0.4, -0.2) is 29.8 Å². The molecule has 0 saturated heterocycles. The highest BCUT2D eigenvalue weighted by molar-refractivity contribution is 6.08. The van der Waals surface area contributed by atoms with Gasteiger partial charge < -0.3 is 9.47 Å². The second kappa shape index (κ2) is 8.21. The van der Waals surface area contributed by atoms with Crippen molar-refractivity contribution in [1.29, 1.82) is 0 Å². The van der Waals surface area contributed by atoms with Gasteiger partial charge in [-0.2, -0.15) is 5.10 Å². The van der Waals surface area contributed by atoms with E-state index in [4.69, 9.17) is 9.47 Å². The van der Waals surface area contributed by atoms with Crippen LogP contribution in [0.2, 0.25) is 0 Å². The van der Waals surface area contributed by atoms with Crippen LogP contribution in [0.1, 0.15) is 16.1 Å². The fraction of sp³-hybridized carbons (Fsp3) is 0.0833. The van der Waals surface area contributed by atoms with Crippen molar-refractivity contribution >= 4 is 5.78 Å². The molecule has 0 bridgehead atoms. The summed E-state index contributed by atoms with van der Waals surface area (Å²) in [5.74, 6) is 0.780. The maximum Gasteiger partial charge on any atom is 0.213 e. The molecule has 0 aliphatic rings. The lowest BCUT2D eigenvalue weighted by molar-refractivity contribution is 0.103. The van der Waals surface area contributed by atoms with Crippen molar-refractivity contribution < 1.29 is 18.7 Å². The Morgan fingerprint density at radius 2 is 1.40 bits per heavy atom. The van der Waals surface area contributed by atoms with Crippen LogP contribution in [0.4, 0.5) is 4.39 Å². The molecule has 0 atom stereocenters. The molecule has 0 aliphatic carbocycles. The number of nitrogens with zero attached hydrogens (tertiary/aromatic N) is 2. The second-order valence-electron chi connectivity index (χ2n) is 6.59. The molecular formula is C24H19FN2O3. The van der Waals surface area contributed by atoms with Crippen molar-refractivity contribution in [3.8, 4) is 28.4 Å². The van der Waals surface area contributed by atoms with Crippen LogP contribution in [0, 0.1) is 5.82 Å². The number of rotatable bonds is 6. The SMILES string of the molecule is COc1ccc(-c2cc(C(=O)c3ccc(F)cc3)nn2-c2ccc(OC)cc2)cc1. The van der Waals surface area contributed by atoms with Gasteiger partial charge in [-0.25, -0.2) is 9.07 Å². The van der Waals surface area contributed by atoms with Gasteiger partial charge in [0.05, 0.1) is 25.6 Å². The molecule has 4 aromatic rings. The average Bonchev–Trinajstić information content (AvgIpc) is 3.24. The lowest BCUT2D eigenvalue weighted by Gasteiger charge is -2.09.